The van der Waals surface area contributed by atoms with E-state index in [4.69, 9.17) is 0 Å². The highest BCUT2D eigenvalue weighted by Crippen LogP contribution is 2.62. The number of fused-ring (bicyclic) bond motifs is 2. The SMILES string of the molecule is C[C@@H]1C(=O)[C@@H](CN(C)CCc2ccccc2)[C@H]2C[C@@H]1C2(C)C. The zero-order chi connectivity index (χ0) is 15.9. The van der Waals surface area contributed by atoms with E-state index in [1.165, 1.54) is 12.0 Å². The molecule has 2 bridgehead atoms. The number of hydrogen-bond donors (Lipinski definition) is 0. The van der Waals surface area contributed by atoms with Crippen LogP contribution >= 0.6 is 0 Å². The van der Waals surface area contributed by atoms with Crippen molar-refractivity contribution >= 4 is 5.78 Å². The lowest BCUT2D eigenvalue weighted by Gasteiger charge is -2.62. The molecular weight excluding hydrogens is 270 g/mol. The van der Waals surface area contributed by atoms with Gasteiger partial charge in [-0.15, -0.1) is 0 Å². The van der Waals surface area contributed by atoms with Gasteiger partial charge in [0.25, 0.3) is 0 Å². The minimum Gasteiger partial charge on any atom is -0.305 e. The van der Waals surface area contributed by atoms with Crippen molar-refractivity contribution in [2.45, 2.75) is 33.6 Å². The van der Waals surface area contributed by atoms with Crippen LogP contribution in [0.5, 0.6) is 0 Å². The normalized spacial score (nSPS) is 32.9. The summed E-state index contributed by atoms with van der Waals surface area (Å²) in [4.78, 5) is 15.0. The first-order chi connectivity index (χ1) is 10.4. The van der Waals surface area contributed by atoms with Gasteiger partial charge in [-0.2, -0.15) is 0 Å². The van der Waals surface area contributed by atoms with E-state index in [0.29, 0.717) is 23.0 Å². The fraction of sp³-hybridized carbons (Fsp3) is 0.650. The molecule has 120 valence electrons. The maximum Gasteiger partial charge on any atom is 0.140 e. The lowest BCUT2D eigenvalue weighted by atomic mass is 9.42. The van der Waals surface area contributed by atoms with Gasteiger partial charge in [0.2, 0.25) is 0 Å². The molecule has 0 aliphatic heterocycles. The molecule has 0 N–H and O–H groups in total. The number of Topliss-reactive ketones (excluding diaryl/α,β-unsaturated/α-hetero) is 1. The Kier molecular flexibility index (Phi) is 4.15. The molecule has 2 nitrogen and oxygen atoms in total. The summed E-state index contributed by atoms with van der Waals surface area (Å²) in [5.41, 5.74) is 1.74. The van der Waals surface area contributed by atoms with Gasteiger partial charge >= 0.3 is 0 Å². The minimum atomic E-state index is 0.246. The third-order valence-corrected chi connectivity index (χ3v) is 6.46. The molecule has 3 aliphatic rings. The van der Waals surface area contributed by atoms with Gasteiger partial charge in [-0.1, -0.05) is 51.1 Å². The third kappa shape index (κ3) is 2.62. The Labute approximate surface area is 134 Å². The Bertz CT molecular complexity index is 536. The Morgan fingerprint density at radius 3 is 2.50 bits per heavy atom. The topological polar surface area (TPSA) is 20.3 Å². The molecule has 3 aliphatic carbocycles. The molecule has 3 saturated carbocycles. The van der Waals surface area contributed by atoms with Gasteiger partial charge in [0.1, 0.15) is 5.78 Å². The van der Waals surface area contributed by atoms with Gasteiger partial charge in [-0.05, 0) is 42.7 Å². The molecule has 0 radical (unpaired) electrons. The number of benzene rings is 1. The summed E-state index contributed by atoms with van der Waals surface area (Å²) >= 11 is 0. The molecule has 0 saturated heterocycles. The summed E-state index contributed by atoms with van der Waals surface area (Å²) in [5.74, 6) is 2.24. The molecule has 4 rings (SSSR count). The second kappa shape index (κ2) is 5.81. The van der Waals surface area contributed by atoms with E-state index in [9.17, 15) is 4.79 Å². The van der Waals surface area contributed by atoms with Crippen LogP contribution in [-0.4, -0.2) is 30.8 Å². The van der Waals surface area contributed by atoms with Gasteiger partial charge in [-0.3, -0.25) is 4.79 Å². The van der Waals surface area contributed by atoms with E-state index in [1.807, 2.05) is 0 Å². The van der Waals surface area contributed by atoms with Crippen LogP contribution in [0, 0.1) is 29.1 Å². The highest BCUT2D eigenvalue weighted by atomic mass is 16.1. The van der Waals surface area contributed by atoms with Gasteiger partial charge in [0.05, 0.1) is 0 Å². The summed E-state index contributed by atoms with van der Waals surface area (Å²) in [6.45, 7) is 8.84. The molecule has 1 aromatic rings. The monoisotopic (exact) mass is 299 g/mol. The fourth-order valence-electron chi connectivity index (χ4n) is 4.87. The van der Waals surface area contributed by atoms with E-state index in [1.54, 1.807) is 0 Å². The van der Waals surface area contributed by atoms with Crippen molar-refractivity contribution in [1.82, 2.24) is 4.90 Å². The number of likely N-dealkylation sites (N-methyl/N-ethyl adjacent to an activating group) is 1. The van der Waals surface area contributed by atoms with Gasteiger partial charge < -0.3 is 4.90 Å². The third-order valence-electron chi connectivity index (χ3n) is 6.46. The molecule has 0 unspecified atom stereocenters. The first kappa shape index (κ1) is 15.7. The second-order valence-electron chi connectivity index (χ2n) is 8.07. The lowest BCUT2D eigenvalue weighted by Crippen LogP contribution is -2.62. The summed E-state index contributed by atoms with van der Waals surface area (Å²) in [7, 11) is 2.17. The number of rotatable bonds is 5. The minimum absolute atomic E-state index is 0.246. The predicted octanol–water partition coefficient (Wildman–Crippen LogP) is 3.66. The lowest BCUT2D eigenvalue weighted by molar-refractivity contribution is -0.169. The van der Waals surface area contributed by atoms with E-state index in [2.05, 4.69) is 63.1 Å². The number of ketones is 1. The van der Waals surface area contributed by atoms with Crippen LogP contribution in [0.1, 0.15) is 32.8 Å². The molecule has 3 fully saturated rings. The first-order valence-corrected chi connectivity index (χ1v) is 8.67. The van der Waals surface area contributed by atoms with Crippen LogP contribution in [0.3, 0.4) is 0 Å². The average molecular weight is 299 g/mol. The Balaban J connectivity index is 1.59. The standard InChI is InChI=1S/C20H29NO/c1-14-17-12-18(20(17,2)3)16(19(14)22)13-21(4)11-10-15-8-6-5-7-9-15/h5-9,14,16-18H,10-13H2,1-4H3/t14-,16-,17-,18+/m0/s1. The van der Waals surface area contributed by atoms with Crippen LogP contribution in [-0.2, 0) is 11.2 Å². The Morgan fingerprint density at radius 2 is 1.86 bits per heavy atom. The predicted molar refractivity (Wildman–Crippen MR) is 90.7 cm³/mol. The first-order valence-electron chi connectivity index (χ1n) is 8.67. The van der Waals surface area contributed by atoms with Gasteiger partial charge in [0, 0.05) is 24.9 Å². The van der Waals surface area contributed by atoms with Crippen molar-refractivity contribution in [2.75, 3.05) is 20.1 Å². The zero-order valence-electron chi connectivity index (χ0n) is 14.4. The van der Waals surface area contributed by atoms with E-state index >= 15 is 0 Å². The maximum absolute atomic E-state index is 12.6. The van der Waals surface area contributed by atoms with E-state index in [0.717, 1.165) is 19.5 Å². The van der Waals surface area contributed by atoms with Crippen LogP contribution in [0.15, 0.2) is 30.3 Å². The Morgan fingerprint density at radius 1 is 1.18 bits per heavy atom. The van der Waals surface area contributed by atoms with Crippen molar-refractivity contribution in [2.24, 2.45) is 29.1 Å². The highest BCUT2D eigenvalue weighted by molar-refractivity contribution is 5.86. The van der Waals surface area contributed by atoms with Gasteiger partial charge in [-0.25, -0.2) is 0 Å². The van der Waals surface area contributed by atoms with Crippen LogP contribution in [0.4, 0.5) is 0 Å². The van der Waals surface area contributed by atoms with Crippen LogP contribution in [0.25, 0.3) is 0 Å². The van der Waals surface area contributed by atoms with E-state index < -0.39 is 0 Å². The second-order valence-corrected chi connectivity index (χ2v) is 8.07. The summed E-state index contributed by atoms with van der Waals surface area (Å²) in [6.07, 6.45) is 2.32. The zero-order valence-corrected chi connectivity index (χ0v) is 14.4. The molecule has 0 heterocycles. The number of nitrogens with zero attached hydrogens (tertiary/aromatic N) is 1. The molecule has 0 aromatic heterocycles. The summed E-state index contributed by atoms with van der Waals surface area (Å²) < 4.78 is 0. The molecular formula is C20H29NO. The summed E-state index contributed by atoms with van der Waals surface area (Å²) in [6, 6.07) is 10.6. The number of carbonyl (C=O) groups excluding carboxylic acids is 1. The highest BCUT2D eigenvalue weighted by Gasteiger charge is 2.60. The average Bonchev–Trinajstić information content (AvgIpc) is 2.50. The van der Waals surface area contributed by atoms with Crippen molar-refractivity contribution in [1.29, 1.82) is 0 Å². The molecule has 0 spiro atoms. The molecule has 4 atom stereocenters. The summed E-state index contributed by atoms with van der Waals surface area (Å²) in [5, 5.41) is 0. The fourth-order valence-corrected chi connectivity index (χ4v) is 4.87. The maximum atomic E-state index is 12.6. The number of carbonyl (C=O) groups is 1. The molecule has 1 aromatic carbocycles. The molecule has 2 heteroatoms. The number of hydrogen-bond acceptors (Lipinski definition) is 2. The van der Waals surface area contributed by atoms with E-state index in [-0.39, 0.29) is 11.8 Å². The van der Waals surface area contributed by atoms with Crippen molar-refractivity contribution < 1.29 is 4.79 Å². The van der Waals surface area contributed by atoms with Crippen LogP contribution in [0.2, 0.25) is 0 Å². The van der Waals surface area contributed by atoms with Crippen molar-refractivity contribution in [3.63, 3.8) is 0 Å². The van der Waals surface area contributed by atoms with Crippen molar-refractivity contribution in [3.8, 4) is 0 Å². The smallest absolute Gasteiger partial charge is 0.140 e. The largest absolute Gasteiger partial charge is 0.305 e. The molecule has 22 heavy (non-hydrogen) atoms. The van der Waals surface area contributed by atoms with Gasteiger partial charge in [0.15, 0.2) is 0 Å². The Hall–Kier alpha value is -1.15. The quantitative estimate of drug-likeness (QED) is 0.827. The molecule has 0 amide bonds. The van der Waals surface area contributed by atoms with Crippen LogP contribution < -0.4 is 0 Å². The van der Waals surface area contributed by atoms with Crippen molar-refractivity contribution in [3.05, 3.63) is 35.9 Å².